The predicted molar refractivity (Wildman–Crippen MR) is 106 cm³/mol. The summed E-state index contributed by atoms with van der Waals surface area (Å²) in [6, 6.07) is 14.2. The van der Waals surface area contributed by atoms with Gasteiger partial charge in [-0.1, -0.05) is 12.1 Å². The lowest BCUT2D eigenvalue weighted by Crippen LogP contribution is -2.19. The maximum atomic E-state index is 9.78. The number of fused-ring (bicyclic) bond motifs is 1. The summed E-state index contributed by atoms with van der Waals surface area (Å²) >= 11 is 3.40. The Labute approximate surface area is 163 Å². The van der Waals surface area contributed by atoms with Gasteiger partial charge in [0.25, 0.3) is 0 Å². The number of rotatable bonds is 3. The number of aliphatic hydroxyl groups is 2. The van der Waals surface area contributed by atoms with Gasteiger partial charge in [-0.25, -0.2) is 15.0 Å². The third-order valence-corrected chi connectivity index (χ3v) is 4.66. The van der Waals surface area contributed by atoms with Crippen molar-refractivity contribution < 1.29 is 10.2 Å². The number of imidazole rings is 1. The number of hydrogen-bond acceptors (Lipinski definition) is 6. The summed E-state index contributed by atoms with van der Waals surface area (Å²) < 4.78 is 2.54. The largest absolute Gasteiger partial charge is 0.383 e. The second kappa shape index (κ2) is 6.41. The van der Waals surface area contributed by atoms with E-state index in [4.69, 9.17) is 10.7 Å². The molecule has 3 aromatic heterocycles. The molecule has 0 unspecified atom stereocenters. The zero-order chi connectivity index (χ0) is 19.2. The smallest absolute Gasteiger partial charge is 0.186 e. The normalized spacial score (nSPS) is 11.9. The maximum Gasteiger partial charge on any atom is 0.186 e. The third-order valence-electron chi connectivity index (χ3n) is 4.22. The molecule has 136 valence electrons. The van der Waals surface area contributed by atoms with Gasteiger partial charge in [0.15, 0.2) is 17.3 Å². The van der Waals surface area contributed by atoms with Gasteiger partial charge in [0.05, 0.1) is 5.56 Å². The molecule has 0 fully saturated rings. The maximum absolute atomic E-state index is 9.78. The van der Waals surface area contributed by atoms with Crippen LogP contribution >= 0.6 is 15.9 Å². The number of nitrogen functional groups attached to an aromatic ring is 1. The van der Waals surface area contributed by atoms with Crippen molar-refractivity contribution in [2.75, 3.05) is 5.73 Å². The van der Waals surface area contributed by atoms with E-state index in [1.165, 1.54) is 6.92 Å². The summed E-state index contributed by atoms with van der Waals surface area (Å²) in [5.41, 5.74) is 9.25. The van der Waals surface area contributed by atoms with E-state index in [9.17, 15) is 10.2 Å². The molecule has 27 heavy (non-hydrogen) atoms. The van der Waals surface area contributed by atoms with Gasteiger partial charge in [-0.2, -0.15) is 0 Å². The number of benzene rings is 1. The van der Waals surface area contributed by atoms with E-state index in [-0.39, 0.29) is 0 Å². The molecule has 0 bridgehead atoms. The van der Waals surface area contributed by atoms with Crippen LogP contribution in [0.3, 0.4) is 0 Å². The van der Waals surface area contributed by atoms with Crippen LogP contribution in [0.15, 0.2) is 59.3 Å². The molecule has 4 rings (SSSR count). The topological polar surface area (TPSA) is 110 Å². The minimum Gasteiger partial charge on any atom is -0.383 e. The molecule has 4 aromatic rings. The van der Waals surface area contributed by atoms with Crippen LogP contribution in [0.25, 0.3) is 28.2 Å². The number of nitrogens with two attached hydrogens (primary N) is 1. The van der Waals surface area contributed by atoms with Crippen molar-refractivity contribution in [3.8, 4) is 17.1 Å². The number of anilines is 1. The summed E-state index contributed by atoms with van der Waals surface area (Å²) in [4.78, 5) is 13.4. The van der Waals surface area contributed by atoms with Gasteiger partial charge in [-0.3, -0.25) is 4.57 Å². The SMILES string of the molecule is CC(O)(O)c1ccc(-n2c(-c3cccnc3N)nc3ccc(Br)nc32)cc1. The molecule has 3 heterocycles. The predicted octanol–water partition coefficient (Wildman–Crippen LogP) is 2.98. The van der Waals surface area contributed by atoms with Crippen LogP contribution in [-0.2, 0) is 5.79 Å². The van der Waals surface area contributed by atoms with Gasteiger partial charge in [-0.15, -0.1) is 0 Å². The average molecular weight is 426 g/mol. The van der Waals surface area contributed by atoms with Crippen molar-refractivity contribution in [1.82, 2.24) is 19.5 Å². The van der Waals surface area contributed by atoms with Crippen LogP contribution in [0.2, 0.25) is 0 Å². The summed E-state index contributed by atoms with van der Waals surface area (Å²) in [5, 5.41) is 19.6. The van der Waals surface area contributed by atoms with Crippen molar-refractivity contribution in [3.05, 3.63) is 64.9 Å². The lowest BCUT2D eigenvalue weighted by atomic mass is 10.1. The van der Waals surface area contributed by atoms with Crippen LogP contribution in [-0.4, -0.2) is 29.7 Å². The number of halogens is 1. The van der Waals surface area contributed by atoms with Crippen molar-refractivity contribution in [3.63, 3.8) is 0 Å². The lowest BCUT2D eigenvalue weighted by Gasteiger charge is -2.17. The minimum absolute atomic E-state index is 0.364. The van der Waals surface area contributed by atoms with Crippen LogP contribution < -0.4 is 5.73 Å². The van der Waals surface area contributed by atoms with E-state index in [0.717, 1.165) is 5.69 Å². The van der Waals surface area contributed by atoms with Crippen molar-refractivity contribution in [1.29, 1.82) is 0 Å². The van der Waals surface area contributed by atoms with Crippen LogP contribution in [0, 0.1) is 0 Å². The Morgan fingerprint density at radius 3 is 2.44 bits per heavy atom. The summed E-state index contributed by atoms with van der Waals surface area (Å²) in [6.45, 7) is 1.31. The Morgan fingerprint density at radius 2 is 1.78 bits per heavy atom. The van der Waals surface area contributed by atoms with Gasteiger partial charge >= 0.3 is 0 Å². The van der Waals surface area contributed by atoms with Crippen molar-refractivity contribution in [2.24, 2.45) is 0 Å². The molecule has 7 nitrogen and oxygen atoms in total. The molecular weight excluding hydrogens is 410 g/mol. The van der Waals surface area contributed by atoms with Gasteiger partial charge < -0.3 is 15.9 Å². The highest BCUT2D eigenvalue weighted by molar-refractivity contribution is 9.10. The third kappa shape index (κ3) is 3.18. The summed E-state index contributed by atoms with van der Waals surface area (Å²) in [6.07, 6.45) is 1.62. The Hall–Kier alpha value is -2.81. The summed E-state index contributed by atoms with van der Waals surface area (Å²) in [5.74, 6) is -0.944. The van der Waals surface area contributed by atoms with E-state index in [1.807, 2.05) is 22.8 Å². The Balaban J connectivity index is 1.99. The number of hydrogen-bond donors (Lipinski definition) is 3. The van der Waals surface area contributed by atoms with Crippen molar-refractivity contribution >= 4 is 32.9 Å². The number of nitrogens with zero attached hydrogens (tertiary/aromatic N) is 4. The van der Waals surface area contributed by atoms with E-state index in [1.54, 1.807) is 36.5 Å². The van der Waals surface area contributed by atoms with Crippen LogP contribution in [0.4, 0.5) is 5.82 Å². The van der Waals surface area contributed by atoms with Gasteiger partial charge in [-0.05, 0) is 59.3 Å². The molecule has 0 atom stereocenters. The molecule has 0 radical (unpaired) electrons. The molecule has 0 saturated heterocycles. The van der Waals surface area contributed by atoms with E-state index >= 15 is 0 Å². The van der Waals surface area contributed by atoms with E-state index in [2.05, 4.69) is 25.9 Å². The lowest BCUT2D eigenvalue weighted by molar-refractivity contribution is -0.152. The molecule has 4 N–H and O–H groups in total. The number of pyridine rings is 2. The monoisotopic (exact) mass is 425 g/mol. The van der Waals surface area contributed by atoms with Crippen LogP contribution in [0.1, 0.15) is 12.5 Å². The first kappa shape index (κ1) is 17.6. The molecule has 0 aliphatic rings. The zero-order valence-corrected chi connectivity index (χ0v) is 15.9. The van der Waals surface area contributed by atoms with E-state index in [0.29, 0.717) is 38.5 Å². The molecule has 0 amide bonds. The van der Waals surface area contributed by atoms with Gasteiger partial charge in [0, 0.05) is 17.4 Å². The first-order chi connectivity index (χ1) is 12.8. The quantitative estimate of drug-likeness (QED) is 0.343. The molecule has 1 aromatic carbocycles. The first-order valence-corrected chi connectivity index (χ1v) is 8.95. The molecule has 0 aliphatic heterocycles. The molecule has 0 aliphatic carbocycles. The highest BCUT2D eigenvalue weighted by Gasteiger charge is 2.21. The molecule has 0 spiro atoms. The fraction of sp³-hybridized carbons (Fsp3) is 0.105. The standard InChI is InChI=1S/C19H16BrN5O2/c1-19(26,27)11-4-6-12(7-5-11)25-17(13-3-2-10-22-16(13)21)23-14-8-9-15(20)24-18(14)25/h2-10,26-27H,1H3,(H2,21,22). The zero-order valence-electron chi connectivity index (χ0n) is 14.3. The first-order valence-electron chi connectivity index (χ1n) is 8.16. The highest BCUT2D eigenvalue weighted by Crippen LogP contribution is 2.31. The van der Waals surface area contributed by atoms with Crippen molar-refractivity contribution in [2.45, 2.75) is 12.7 Å². The average Bonchev–Trinajstić information content (AvgIpc) is 2.99. The fourth-order valence-electron chi connectivity index (χ4n) is 2.89. The van der Waals surface area contributed by atoms with Crippen LogP contribution in [0.5, 0.6) is 0 Å². The molecular formula is C19H16BrN5O2. The second-order valence-corrected chi connectivity index (χ2v) is 7.06. The van der Waals surface area contributed by atoms with Gasteiger partial charge in [0.1, 0.15) is 15.9 Å². The molecule has 0 saturated carbocycles. The molecule has 8 heteroatoms. The van der Waals surface area contributed by atoms with Gasteiger partial charge in [0.2, 0.25) is 0 Å². The fourth-order valence-corrected chi connectivity index (χ4v) is 3.19. The number of aromatic nitrogens is 4. The van der Waals surface area contributed by atoms with E-state index < -0.39 is 5.79 Å². The highest BCUT2D eigenvalue weighted by atomic mass is 79.9. The second-order valence-electron chi connectivity index (χ2n) is 6.25. The minimum atomic E-state index is -1.91. The Bertz CT molecular complexity index is 1130. The Morgan fingerprint density at radius 1 is 1.04 bits per heavy atom. The summed E-state index contributed by atoms with van der Waals surface area (Å²) in [7, 11) is 0. The Kier molecular flexibility index (Phi) is 4.18.